The van der Waals surface area contributed by atoms with Crippen LogP contribution in [0.25, 0.3) is 0 Å². The number of carboxylic acids is 3. The fraction of sp³-hybridized carbons (Fsp3) is 0.810. The Balaban J connectivity index is 1.19. The van der Waals surface area contributed by atoms with Crippen molar-refractivity contribution in [1.29, 1.82) is 0 Å². The number of rotatable bonds is 7. The molecular formula is C42H60O16. The summed E-state index contributed by atoms with van der Waals surface area (Å²) in [7, 11) is 0. The van der Waals surface area contributed by atoms with Crippen molar-refractivity contribution in [2.45, 2.75) is 167 Å². The zero-order valence-electron chi connectivity index (χ0n) is 34.2. The highest BCUT2D eigenvalue weighted by Gasteiger charge is 2.70. The highest BCUT2D eigenvalue weighted by molar-refractivity contribution is 5.96. The number of fused-ring (bicyclic) bond motifs is 7. The van der Waals surface area contributed by atoms with Gasteiger partial charge in [0.2, 0.25) is 0 Å². The molecule has 0 aromatic heterocycles. The zero-order chi connectivity index (χ0) is 42.9. The summed E-state index contributed by atoms with van der Waals surface area (Å²) < 4.78 is 23.4. The smallest absolute Gasteiger partial charge is 0.335 e. The van der Waals surface area contributed by atoms with E-state index in [1.165, 1.54) is 0 Å². The molecule has 16 heteroatoms. The second kappa shape index (κ2) is 14.1. The molecule has 5 aliphatic carbocycles. The van der Waals surface area contributed by atoms with Crippen LogP contribution in [0.15, 0.2) is 23.3 Å². The van der Waals surface area contributed by atoms with Gasteiger partial charge in [-0.1, -0.05) is 47.6 Å². The van der Waals surface area contributed by atoms with E-state index in [-0.39, 0.29) is 23.0 Å². The third kappa shape index (κ3) is 6.18. The van der Waals surface area contributed by atoms with E-state index in [4.69, 9.17) is 18.9 Å². The molecule has 0 amide bonds. The molecule has 18 atom stereocenters. The molecule has 3 saturated carbocycles. The summed E-state index contributed by atoms with van der Waals surface area (Å²) in [6.07, 6.45) is -11.3. The van der Waals surface area contributed by atoms with Crippen LogP contribution in [0.3, 0.4) is 0 Å². The Morgan fingerprint density at radius 2 is 1.26 bits per heavy atom. The first-order valence-corrected chi connectivity index (χ1v) is 20.5. The number of ketones is 1. The number of hydrogen-bond donors (Lipinski definition) is 8. The molecule has 58 heavy (non-hydrogen) atoms. The summed E-state index contributed by atoms with van der Waals surface area (Å²) in [4.78, 5) is 51.2. The lowest BCUT2D eigenvalue weighted by atomic mass is 9.34. The minimum atomic E-state index is -2.05. The Kier molecular flexibility index (Phi) is 10.5. The molecule has 2 aliphatic heterocycles. The third-order valence-electron chi connectivity index (χ3n) is 16.6. The molecule has 0 bridgehead atoms. The van der Waals surface area contributed by atoms with Gasteiger partial charge in [-0.05, 0) is 109 Å². The van der Waals surface area contributed by atoms with Crippen LogP contribution in [-0.2, 0) is 38.1 Å². The van der Waals surface area contributed by atoms with Crippen molar-refractivity contribution >= 4 is 23.7 Å². The van der Waals surface area contributed by atoms with Gasteiger partial charge >= 0.3 is 17.9 Å². The van der Waals surface area contributed by atoms with Crippen molar-refractivity contribution in [3.8, 4) is 0 Å². The van der Waals surface area contributed by atoms with Crippen molar-refractivity contribution in [3.63, 3.8) is 0 Å². The highest BCUT2D eigenvalue weighted by Crippen LogP contribution is 2.74. The average molecular weight is 821 g/mol. The molecule has 2 heterocycles. The maximum atomic E-state index is 14.8. The number of ether oxygens (including phenoxy) is 4. The Labute approximate surface area is 337 Å². The molecule has 0 unspecified atom stereocenters. The van der Waals surface area contributed by atoms with E-state index in [9.17, 15) is 60.0 Å². The molecule has 7 aliphatic rings. The van der Waals surface area contributed by atoms with Gasteiger partial charge < -0.3 is 59.8 Å². The summed E-state index contributed by atoms with van der Waals surface area (Å²) in [5.41, 5.74) is -1.40. The molecule has 0 aromatic carbocycles. The van der Waals surface area contributed by atoms with E-state index >= 15 is 0 Å². The molecule has 5 fully saturated rings. The molecule has 0 aromatic rings. The number of aliphatic hydroxyl groups excluding tert-OH is 5. The number of carboxylic acid groups (broad SMARTS) is 3. The molecule has 7 rings (SSSR count). The predicted octanol–water partition coefficient (Wildman–Crippen LogP) is 2.17. The molecule has 2 saturated heterocycles. The summed E-state index contributed by atoms with van der Waals surface area (Å²) in [6, 6.07) is 0. The average Bonchev–Trinajstić information content (AvgIpc) is 3.13. The normalized spacial score (nSPS) is 51.2. The van der Waals surface area contributed by atoms with Crippen LogP contribution < -0.4 is 0 Å². The lowest BCUT2D eigenvalue weighted by Gasteiger charge is -2.69. The second-order valence-electron chi connectivity index (χ2n) is 20.1. The SMILES string of the molecule is CC1(C)[C@@H](O[C@H]2O[C@@H](C(=O)O)[C@@H](O)[C@H](O)[C@H]2O[C@@H]2O[C@H](C(=O)O)[C@@H](O)[C@H](O)[C@H]2O)CC[C@]2(C)[C@H]3C(=O)C=C4C5=C[C@@](C)(C(=O)O)CC[C@]5(C)CC[C@@]4(C)[C@]3(C)CC[C@@H]12. The summed E-state index contributed by atoms with van der Waals surface area (Å²) in [5.74, 6) is -4.61. The van der Waals surface area contributed by atoms with Gasteiger partial charge in [0.25, 0.3) is 0 Å². The number of aliphatic hydroxyl groups is 5. The van der Waals surface area contributed by atoms with E-state index in [1.807, 2.05) is 26.0 Å². The van der Waals surface area contributed by atoms with Gasteiger partial charge in [0.05, 0.1) is 11.5 Å². The third-order valence-corrected chi connectivity index (χ3v) is 16.6. The van der Waals surface area contributed by atoms with Gasteiger partial charge in [0.15, 0.2) is 30.6 Å². The quantitative estimate of drug-likeness (QED) is 0.171. The van der Waals surface area contributed by atoms with Crippen molar-refractivity contribution in [1.82, 2.24) is 0 Å². The van der Waals surface area contributed by atoms with Crippen molar-refractivity contribution < 1.29 is 79.0 Å². The maximum absolute atomic E-state index is 14.8. The topological polar surface area (TPSA) is 267 Å². The van der Waals surface area contributed by atoms with Crippen LogP contribution in [0.1, 0.15) is 99.8 Å². The summed E-state index contributed by atoms with van der Waals surface area (Å²) in [6.45, 7) is 14.6. The Morgan fingerprint density at radius 3 is 1.86 bits per heavy atom. The van der Waals surface area contributed by atoms with Crippen LogP contribution in [-0.4, -0.2) is 132 Å². The largest absolute Gasteiger partial charge is 0.481 e. The Bertz CT molecular complexity index is 1790. The van der Waals surface area contributed by atoms with E-state index in [2.05, 4.69) is 27.7 Å². The van der Waals surface area contributed by atoms with E-state index in [0.29, 0.717) is 32.1 Å². The standard InChI is InChI=1S/C42H60O16/c1-37(2)21-8-11-42(7)31(20(43)16-18-19-17-39(4,36(53)54)13-12-38(19,3)14-15-41(18,42)6)40(21,5)10-9-22(37)55-35-30(26(47)25(46)29(57-35)33(51)52)58-34-27(48)23(44)24(45)28(56-34)32(49)50/h16-17,21-31,34-35,44-48H,8-15H2,1-7H3,(H,49,50)(H,51,52)(H,53,54)/t21-,22-,23-,24-,25-,26-,27+,28-,29+,30+,31+,34-,35-,38+,39-,40-,41+,42+/m0/s1. The van der Waals surface area contributed by atoms with Crippen molar-refractivity contribution in [3.05, 3.63) is 23.3 Å². The number of aliphatic carboxylic acids is 3. The van der Waals surface area contributed by atoms with Crippen LogP contribution in [0.2, 0.25) is 0 Å². The van der Waals surface area contributed by atoms with Gasteiger partial charge in [-0.15, -0.1) is 0 Å². The first-order chi connectivity index (χ1) is 26.8. The van der Waals surface area contributed by atoms with Gasteiger partial charge in [-0.3, -0.25) is 9.59 Å². The van der Waals surface area contributed by atoms with E-state index < -0.39 is 112 Å². The van der Waals surface area contributed by atoms with Gasteiger partial charge in [0.1, 0.15) is 36.6 Å². The lowest BCUT2D eigenvalue weighted by molar-refractivity contribution is -0.371. The van der Waals surface area contributed by atoms with Crippen LogP contribution >= 0.6 is 0 Å². The van der Waals surface area contributed by atoms with Crippen molar-refractivity contribution in [2.75, 3.05) is 0 Å². The van der Waals surface area contributed by atoms with Crippen molar-refractivity contribution in [2.24, 2.45) is 44.3 Å². The summed E-state index contributed by atoms with van der Waals surface area (Å²) >= 11 is 0. The van der Waals surface area contributed by atoms with Gasteiger partial charge in [-0.2, -0.15) is 0 Å². The lowest BCUT2D eigenvalue weighted by Crippen LogP contribution is -2.67. The van der Waals surface area contributed by atoms with Crippen LogP contribution in [0, 0.1) is 44.3 Å². The first kappa shape index (κ1) is 43.3. The fourth-order valence-corrected chi connectivity index (χ4v) is 12.8. The van der Waals surface area contributed by atoms with E-state index in [1.54, 1.807) is 6.92 Å². The number of allylic oxidation sites excluding steroid dienone is 3. The predicted molar refractivity (Wildman–Crippen MR) is 199 cm³/mol. The first-order valence-electron chi connectivity index (χ1n) is 20.5. The van der Waals surface area contributed by atoms with Gasteiger partial charge in [0, 0.05) is 5.92 Å². The number of carbonyl (C=O) groups is 4. The zero-order valence-corrected chi connectivity index (χ0v) is 34.2. The van der Waals surface area contributed by atoms with Crippen LogP contribution in [0.5, 0.6) is 0 Å². The highest BCUT2D eigenvalue weighted by atomic mass is 16.8. The Hall–Kier alpha value is -2.80. The maximum Gasteiger partial charge on any atom is 0.335 e. The fourth-order valence-electron chi connectivity index (χ4n) is 12.8. The summed E-state index contributed by atoms with van der Waals surface area (Å²) in [5, 5.41) is 82.9. The minimum absolute atomic E-state index is 0.0218. The van der Waals surface area contributed by atoms with E-state index in [0.717, 1.165) is 30.4 Å². The monoisotopic (exact) mass is 820 g/mol. The molecule has 8 N–H and O–H groups in total. The molecule has 0 spiro atoms. The van der Waals surface area contributed by atoms with Crippen LogP contribution in [0.4, 0.5) is 0 Å². The Morgan fingerprint density at radius 1 is 0.672 bits per heavy atom. The number of hydrogen-bond acceptors (Lipinski definition) is 13. The van der Waals surface area contributed by atoms with Gasteiger partial charge in [-0.25, -0.2) is 9.59 Å². The minimum Gasteiger partial charge on any atom is -0.481 e. The molecule has 324 valence electrons. The molecule has 0 radical (unpaired) electrons. The number of carbonyl (C=O) groups excluding carboxylic acids is 1. The second-order valence-corrected chi connectivity index (χ2v) is 20.1. The molecular weight excluding hydrogens is 760 g/mol. The molecule has 16 nitrogen and oxygen atoms in total.